The van der Waals surface area contributed by atoms with Crippen molar-refractivity contribution in [2.75, 3.05) is 13.1 Å². The first-order chi connectivity index (χ1) is 11.1. The minimum absolute atomic E-state index is 0.296. The van der Waals surface area contributed by atoms with Gasteiger partial charge in [0.05, 0.1) is 16.1 Å². The van der Waals surface area contributed by atoms with Crippen LogP contribution in [0.1, 0.15) is 30.1 Å². The van der Waals surface area contributed by atoms with Gasteiger partial charge in [0.25, 0.3) is 0 Å². The second-order valence-corrected chi connectivity index (χ2v) is 6.91. The van der Waals surface area contributed by atoms with Gasteiger partial charge < -0.3 is 5.11 Å². The maximum absolute atomic E-state index is 10.5. The van der Waals surface area contributed by atoms with Crippen molar-refractivity contribution in [1.29, 1.82) is 0 Å². The molecule has 0 saturated carbocycles. The van der Waals surface area contributed by atoms with Gasteiger partial charge in [0.2, 0.25) is 0 Å². The molecule has 1 aliphatic heterocycles. The highest BCUT2D eigenvalue weighted by molar-refractivity contribution is 6.42. The van der Waals surface area contributed by atoms with E-state index in [4.69, 9.17) is 23.2 Å². The Bertz CT molecular complexity index is 643. The maximum Gasteiger partial charge on any atom is 0.0833 e. The van der Waals surface area contributed by atoms with Crippen molar-refractivity contribution in [3.63, 3.8) is 0 Å². The topological polar surface area (TPSA) is 36.4 Å². The molecule has 1 aromatic carbocycles. The second-order valence-electron chi connectivity index (χ2n) is 6.09. The number of likely N-dealkylation sites (tertiary alicyclic amines) is 1. The number of nitrogens with zero attached hydrogens (tertiary/aromatic N) is 2. The first kappa shape index (κ1) is 16.7. The molecule has 23 heavy (non-hydrogen) atoms. The van der Waals surface area contributed by atoms with E-state index in [0.29, 0.717) is 16.0 Å². The van der Waals surface area contributed by atoms with Gasteiger partial charge in [-0.05, 0) is 61.2 Å². The highest BCUT2D eigenvalue weighted by Gasteiger charge is 2.26. The molecule has 2 heterocycles. The Morgan fingerprint density at radius 3 is 2.61 bits per heavy atom. The SMILES string of the molecule is OC(c1cccnc1)C1CCN(Cc2ccc(Cl)c(Cl)c2)CC1. The van der Waals surface area contributed by atoms with Gasteiger partial charge in [-0.1, -0.05) is 35.3 Å². The number of rotatable bonds is 4. The van der Waals surface area contributed by atoms with Crippen molar-refractivity contribution in [3.8, 4) is 0 Å². The number of pyridine rings is 1. The minimum Gasteiger partial charge on any atom is -0.388 e. The van der Waals surface area contributed by atoms with Gasteiger partial charge in [0, 0.05) is 18.9 Å². The normalized spacial score (nSPS) is 18.0. The van der Waals surface area contributed by atoms with Crippen molar-refractivity contribution in [2.24, 2.45) is 5.92 Å². The zero-order chi connectivity index (χ0) is 16.2. The van der Waals surface area contributed by atoms with E-state index in [1.807, 2.05) is 30.3 Å². The largest absolute Gasteiger partial charge is 0.388 e. The molecule has 5 heteroatoms. The molecule has 0 radical (unpaired) electrons. The molecular weight excluding hydrogens is 331 g/mol. The smallest absolute Gasteiger partial charge is 0.0833 e. The predicted molar refractivity (Wildman–Crippen MR) is 93.7 cm³/mol. The Morgan fingerprint density at radius 2 is 1.96 bits per heavy atom. The summed E-state index contributed by atoms with van der Waals surface area (Å²) in [7, 11) is 0. The fourth-order valence-corrected chi connectivity index (χ4v) is 3.47. The highest BCUT2D eigenvalue weighted by Crippen LogP contribution is 2.31. The van der Waals surface area contributed by atoms with E-state index in [1.54, 1.807) is 12.4 Å². The molecular formula is C18H20Cl2N2O. The first-order valence-corrected chi connectivity index (χ1v) is 8.63. The fourth-order valence-electron chi connectivity index (χ4n) is 3.15. The van der Waals surface area contributed by atoms with Crippen LogP contribution in [0, 0.1) is 5.92 Å². The molecule has 1 fully saturated rings. The molecule has 3 rings (SSSR count). The van der Waals surface area contributed by atoms with Crippen LogP contribution in [-0.4, -0.2) is 28.1 Å². The van der Waals surface area contributed by atoms with E-state index in [2.05, 4.69) is 9.88 Å². The molecule has 0 amide bonds. The average Bonchev–Trinajstić information content (AvgIpc) is 2.59. The molecule has 0 spiro atoms. The van der Waals surface area contributed by atoms with Gasteiger partial charge in [-0.15, -0.1) is 0 Å². The molecule has 1 aliphatic rings. The minimum atomic E-state index is -0.421. The summed E-state index contributed by atoms with van der Waals surface area (Å²) >= 11 is 12.0. The molecule has 122 valence electrons. The van der Waals surface area contributed by atoms with Crippen LogP contribution in [0.5, 0.6) is 0 Å². The number of benzene rings is 1. The summed E-state index contributed by atoms with van der Waals surface area (Å²) in [5, 5.41) is 11.7. The van der Waals surface area contributed by atoms with Crippen LogP contribution in [0.2, 0.25) is 10.0 Å². The van der Waals surface area contributed by atoms with Crippen molar-refractivity contribution in [1.82, 2.24) is 9.88 Å². The van der Waals surface area contributed by atoms with E-state index in [1.165, 1.54) is 5.56 Å². The molecule has 1 unspecified atom stereocenters. The lowest BCUT2D eigenvalue weighted by atomic mass is 9.88. The standard InChI is InChI=1S/C18H20Cl2N2O/c19-16-4-3-13(10-17(16)20)12-22-8-5-14(6-9-22)18(23)15-2-1-7-21-11-15/h1-4,7,10-11,14,18,23H,5-6,8-9,12H2. The Labute approximate surface area is 146 Å². The molecule has 2 aromatic rings. The molecule has 0 aliphatic carbocycles. The third-order valence-corrected chi connectivity index (χ3v) is 5.23. The van der Waals surface area contributed by atoms with Gasteiger partial charge >= 0.3 is 0 Å². The number of piperidine rings is 1. The predicted octanol–water partition coefficient (Wildman–Crippen LogP) is 4.33. The van der Waals surface area contributed by atoms with Gasteiger partial charge in [0.15, 0.2) is 0 Å². The number of aromatic nitrogens is 1. The van der Waals surface area contributed by atoms with Crippen LogP contribution < -0.4 is 0 Å². The van der Waals surface area contributed by atoms with Crippen LogP contribution in [0.3, 0.4) is 0 Å². The van der Waals surface area contributed by atoms with Crippen LogP contribution in [0.25, 0.3) is 0 Å². The third kappa shape index (κ3) is 4.24. The number of halogens is 2. The Morgan fingerprint density at radius 1 is 1.17 bits per heavy atom. The van der Waals surface area contributed by atoms with E-state index < -0.39 is 6.10 Å². The summed E-state index contributed by atoms with van der Waals surface area (Å²) in [5.74, 6) is 0.296. The van der Waals surface area contributed by atoms with Gasteiger partial charge in [-0.25, -0.2) is 0 Å². The summed E-state index contributed by atoms with van der Waals surface area (Å²) in [6.07, 6.45) is 5.04. The van der Waals surface area contributed by atoms with Crippen molar-refractivity contribution < 1.29 is 5.11 Å². The van der Waals surface area contributed by atoms with Crippen molar-refractivity contribution in [3.05, 3.63) is 63.9 Å². The summed E-state index contributed by atoms with van der Waals surface area (Å²) in [6, 6.07) is 9.61. The Kier molecular flexibility index (Phi) is 5.54. The Hall–Kier alpha value is -1.13. The van der Waals surface area contributed by atoms with Gasteiger partial charge in [-0.3, -0.25) is 9.88 Å². The lowest BCUT2D eigenvalue weighted by Gasteiger charge is -2.34. The molecule has 0 bridgehead atoms. The van der Waals surface area contributed by atoms with E-state index in [9.17, 15) is 5.11 Å². The maximum atomic E-state index is 10.5. The van der Waals surface area contributed by atoms with Crippen LogP contribution >= 0.6 is 23.2 Å². The quantitative estimate of drug-likeness (QED) is 0.891. The van der Waals surface area contributed by atoms with E-state index >= 15 is 0 Å². The van der Waals surface area contributed by atoms with Gasteiger partial charge in [-0.2, -0.15) is 0 Å². The molecule has 1 N–H and O–H groups in total. The number of aliphatic hydroxyl groups excluding tert-OH is 1. The number of hydrogen-bond donors (Lipinski definition) is 1. The van der Waals surface area contributed by atoms with Gasteiger partial charge in [0.1, 0.15) is 0 Å². The fraction of sp³-hybridized carbons (Fsp3) is 0.389. The van der Waals surface area contributed by atoms with Crippen molar-refractivity contribution >= 4 is 23.2 Å². The Balaban J connectivity index is 1.55. The van der Waals surface area contributed by atoms with E-state index in [-0.39, 0.29) is 0 Å². The van der Waals surface area contributed by atoms with Crippen molar-refractivity contribution in [2.45, 2.75) is 25.5 Å². The summed E-state index contributed by atoms with van der Waals surface area (Å²) < 4.78 is 0. The average molecular weight is 351 g/mol. The van der Waals surface area contributed by atoms with Crippen LogP contribution in [0.4, 0.5) is 0 Å². The summed E-state index contributed by atoms with van der Waals surface area (Å²) in [4.78, 5) is 6.49. The molecule has 3 nitrogen and oxygen atoms in total. The lowest BCUT2D eigenvalue weighted by molar-refractivity contribution is 0.0565. The van der Waals surface area contributed by atoms with Crippen LogP contribution in [-0.2, 0) is 6.54 Å². The lowest BCUT2D eigenvalue weighted by Crippen LogP contribution is -2.35. The van der Waals surface area contributed by atoms with E-state index in [0.717, 1.165) is 38.0 Å². The summed E-state index contributed by atoms with van der Waals surface area (Å²) in [5.41, 5.74) is 2.08. The number of aliphatic hydroxyl groups is 1. The monoisotopic (exact) mass is 350 g/mol. The molecule has 1 saturated heterocycles. The molecule has 1 aromatic heterocycles. The third-order valence-electron chi connectivity index (χ3n) is 4.49. The van der Waals surface area contributed by atoms with Crippen LogP contribution in [0.15, 0.2) is 42.7 Å². The first-order valence-electron chi connectivity index (χ1n) is 7.88. The zero-order valence-electron chi connectivity index (χ0n) is 12.8. The highest BCUT2D eigenvalue weighted by atomic mass is 35.5. The zero-order valence-corrected chi connectivity index (χ0v) is 14.3. The second kappa shape index (κ2) is 7.63. The molecule has 1 atom stereocenters. The number of hydrogen-bond acceptors (Lipinski definition) is 3. The summed E-state index contributed by atoms with van der Waals surface area (Å²) in [6.45, 7) is 2.82.